The molecule has 0 saturated heterocycles. The van der Waals surface area contributed by atoms with E-state index in [0.717, 1.165) is 17.7 Å². The predicted molar refractivity (Wildman–Crippen MR) is 74.8 cm³/mol. The van der Waals surface area contributed by atoms with Gasteiger partial charge in [-0.25, -0.2) is 0 Å². The first kappa shape index (κ1) is 11.8. The first-order valence-electron chi connectivity index (χ1n) is 6.54. The smallest absolute Gasteiger partial charge is 0.225 e. The van der Waals surface area contributed by atoms with E-state index in [4.69, 9.17) is 0 Å². The summed E-state index contributed by atoms with van der Waals surface area (Å²) in [7, 11) is 0. The molecule has 1 amide bonds. The second kappa shape index (κ2) is 5.18. The van der Waals surface area contributed by atoms with Crippen molar-refractivity contribution >= 4 is 11.6 Å². The molecule has 0 spiro atoms. The highest BCUT2D eigenvalue weighted by atomic mass is 16.1. The molecule has 0 radical (unpaired) electrons. The van der Waals surface area contributed by atoms with Crippen molar-refractivity contribution < 1.29 is 4.79 Å². The van der Waals surface area contributed by atoms with Gasteiger partial charge in [0, 0.05) is 31.2 Å². The van der Waals surface area contributed by atoms with Crippen molar-refractivity contribution in [3.05, 3.63) is 53.9 Å². The highest BCUT2D eigenvalue weighted by Crippen LogP contribution is 2.24. The minimum absolute atomic E-state index is 0.00819. The molecular weight excluding hydrogens is 238 g/mol. The van der Waals surface area contributed by atoms with Gasteiger partial charge in [-0.05, 0) is 29.7 Å². The average Bonchev–Trinajstić information content (AvgIpc) is 2.97. The van der Waals surface area contributed by atoms with Gasteiger partial charge in [0.05, 0.1) is 5.92 Å². The number of carbonyl (C=O) groups excluding carboxylic acids is 1. The number of amides is 1. The van der Waals surface area contributed by atoms with E-state index in [-0.39, 0.29) is 11.8 Å². The Hall–Kier alpha value is -2.23. The molecule has 19 heavy (non-hydrogen) atoms. The molecule has 0 saturated carbocycles. The molecule has 3 rings (SSSR count). The monoisotopic (exact) mass is 255 g/mol. The normalized spacial score (nSPS) is 17.4. The molecule has 2 heterocycles. The third-order valence-electron chi connectivity index (χ3n) is 3.52. The third-order valence-corrected chi connectivity index (χ3v) is 3.52. The van der Waals surface area contributed by atoms with Gasteiger partial charge in [0.2, 0.25) is 5.91 Å². The van der Waals surface area contributed by atoms with Gasteiger partial charge in [-0.15, -0.1) is 0 Å². The molecule has 1 atom stereocenters. The van der Waals surface area contributed by atoms with Gasteiger partial charge < -0.3 is 15.6 Å². The fraction of sp³-hybridized carbons (Fsp3) is 0.267. The Morgan fingerprint density at radius 1 is 1.32 bits per heavy atom. The number of anilines is 1. The summed E-state index contributed by atoms with van der Waals surface area (Å²) in [6.07, 6.45) is 4.57. The molecule has 0 bridgehead atoms. The molecule has 0 aliphatic carbocycles. The van der Waals surface area contributed by atoms with E-state index in [1.54, 1.807) is 0 Å². The number of benzene rings is 1. The number of hydrogen-bond donors (Lipinski definition) is 3. The van der Waals surface area contributed by atoms with Gasteiger partial charge in [-0.2, -0.15) is 0 Å². The van der Waals surface area contributed by atoms with Crippen LogP contribution in [0, 0.1) is 5.92 Å². The number of para-hydroxylation sites is 1. The van der Waals surface area contributed by atoms with Crippen LogP contribution in [0.4, 0.5) is 5.69 Å². The number of aromatic amines is 1. The Kier molecular flexibility index (Phi) is 3.23. The highest BCUT2D eigenvalue weighted by Gasteiger charge is 2.23. The maximum atomic E-state index is 12.1. The number of hydrogen-bond acceptors (Lipinski definition) is 2. The average molecular weight is 255 g/mol. The summed E-state index contributed by atoms with van der Waals surface area (Å²) in [6.45, 7) is 1.29. The summed E-state index contributed by atoms with van der Waals surface area (Å²) >= 11 is 0. The lowest BCUT2D eigenvalue weighted by molar-refractivity contribution is -0.124. The Bertz CT molecular complexity index is 563. The zero-order chi connectivity index (χ0) is 13.1. The topological polar surface area (TPSA) is 56.9 Å². The van der Waals surface area contributed by atoms with Gasteiger partial charge in [-0.3, -0.25) is 4.79 Å². The molecule has 4 heteroatoms. The maximum absolute atomic E-state index is 12.1. The molecular formula is C15H17N3O. The Balaban J connectivity index is 1.60. The first-order valence-corrected chi connectivity index (χ1v) is 6.54. The number of aromatic nitrogens is 1. The number of nitrogens with one attached hydrogen (secondary N) is 3. The van der Waals surface area contributed by atoms with Crippen LogP contribution in [0.2, 0.25) is 0 Å². The highest BCUT2D eigenvalue weighted by molar-refractivity contribution is 5.80. The molecule has 3 N–H and O–H groups in total. The molecule has 0 fully saturated rings. The summed E-state index contributed by atoms with van der Waals surface area (Å²) in [4.78, 5) is 15.1. The van der Waals surface area contributed by atoms with Crippen LogP contribution in [0.3, 0.4) is 0 Å². The molecule has 1 aromatic carbocycles. The summed E-state index contributed by atoms with van der Waals surface area (Å²) in [5, 5.41) is 6.31. The van der Waals surface area contributed by atoms with Crippen molar-refractivity contribution in [2.75, 3.05) is 11.9 Å². The zero-order valence-electron chi connectivity index (χ0n) is 10.6. The van der Waals surface area contributed by atoms with Crippen molar-refractivity contribution in [2.45, 2.75) is 13.0 Å². The van der Waals surface area contributed by atoms with Crippen LogP contribution < -0.4 is 10.6 Å². The van der Waals surface area contributed by atoms with Crippen molar-refractivity contribution in [3.63, 3.8) is 0 Å². The summed E-state index contributed by atoms with van der Waals surface area (Å²) in [6, 6.07) is 10.1. The van der Waals surface area contributed by atoms with Gasteiger partial charge in [0.1, 0.15) is 0 Å². The summed E-state index contributed by atoms with van der Waals surface area (Å²) < 4.78 is 0. The van der Waals surface area contributed by atoms with E-state index in [9.17, 15) is 4.79 Å². The lowest BCUT2D eigenvalue weighted by atomic mass is 9.93. The third kappa shape index (κ3) is 2.62. The van der Waals surface area contributed by atoms with Crippen LogP contribution in [0.5, 0.6) is 0 Å². The Morgan fingerprint density at radius 2 is 2.21 bits per heavy atom. The Labute approximate surface area is 112 Å². The second-order valence-electron chi connectivity index (χ2n) is 4.88. The zero-order valence-corrected chi connectivity index (χ0v) is 10.6. The standard InChI is InChI=1S/C15H17N3O/c19-15(18-9-11-5-6-16-8-11)13-7-12-3-1-2-4-14(12)17-10-13/h1-6,8,13,16-17H,7,9-10H2,(H,18,19). The van der Waals surface area contributed by atoms with Crippen LogP contribution in [-0.2, 0) is 17.8 Å². The first-order chi connectivity index (χ1) is 9.33. The van der Waals surface area contributed by atoms with Crippen molar-refractivity contribution in [1.82, 2.24) is 10.3 Å². The minimum Gasteiger partial charge on any atom is -0.384 e. The Morgan fingerprint density at radius 3 is 3.05 bits per heavy atom. The largest absolute Gasteiger partial charge is 0.384 e. The van der Waals surface area contributed by atoms with Gasteiger partial charge in [-0.1, -0.05) is 18.2 Å². The molecule has 2 aromatic rings. The summed E-state index contributed by atoms with van der Waals surface area (Å²) in [5.74, 6) is 0.122. The quantitative estimate of drug-likeness (QED) is 0.784. The number of H-pyrrole nitrogens is 1. The minimum atomic E-state index is 0.00819. The van der Waals surface area contributed by atoms with Crippen molar-refractivity contribution in [2.24, 2.45) is 5.92 Å². The van der Waals surface area contributed by atoms with Gasteiger partial charge in [0.15, 0.2) is 0 Å². The van der Waals surface area contributed by atoms with Crippen molar-refractivity contribution in [1.29, 1.82) is 0 Å². The molecule has 98 valence electrons. The maximum Gasteiger partial charge on any atom is 0.225 e. The SMILES string of the molecule is O=C(NCc1cc[nH]c1)C1CNc2ccccc2C1. The lowest BCUT2D eigenvalue weighted by Crippen LogP contribution is -2.37. The predicted octanol–water partition coefficient (Wildman–Crippen LogP) is 1.92. The van der Waals surface area contributed by atoms with Crippen LogP contribution in [0.25, 0.3) is 0 Å². The molecule has 1 unspecified atom stereocenters. The van der Waals surface area contributed by atoms with E-state index >= 15 is 0 Å². The summed E-state index contributed by atoms with van der Waals surface area (Å²) in [5.41, 5.74) is 3.46. The van der Waals surface area contributed by atoms with E-state index in [0.29, 0.717) is 13.1 Å². The van der Waals surface area contributed by atoms with Crippen LogP contribution >= 0.6 is 0 Å². The second-order valence-corrected chi connectivity index (χ2v) is 4.88. The molecule has 4 nitrogen and oxygen atoms in total. The molecule has 1 aliphatic heterocycles. The number of rotatable bonds is 3. The van der Waals surface area contributed by atoms with E-state index < -0.39 is 0 Å². The van der Waals surface area contributed by atoms with Crippen molar-refractivity contribution in [3.8, 4) is 0 Å². The van der Waals surface area contributed by atoms with Gasteiger partial charge in [0.25, 0.3) is 0 Å². The van der Waals surface area contributed by atoms with Crippen LogP contribution in [-0.4, -0.2) is 17.4 Å². The fourth-order valence-corrected chi connectivity index (χ4v) is 2.43. The van der Waals surface area contributed by atoms with E-state index in [1.807, 2.05) is 30.6 Å². The molecule has 1 aliphatic rings. The van der Waals surface area contributed by atoms with Crippen LogP contribution in [0.15, 0.2) is 42.7 Å². The van der Waals surface area contributed by atoms with E-state index in [2.05, 4.69) is 27.8 Å². The number of fused-ring (bicyclic) bond motifs is 1. The van der Waals surface area contributed by atoms with E-state index in [1.165, 1.54) is 5.56 Å². The van der Waals surface area contributed by atoms with Crippen LogP contribution in [0.1, 0.15) is 11.1 Å². The lowest BCUT2D eigenvalue weighted by Gasteiger charge is -2.25. The fourth-order valence-electron chi connectivity index (χ4n) is 2.43. The van der Waals surface area contributed by atoms with Gasteiger partial charge >= 0.3 is 0 Å². The molecule has 1 aromatic heterocycles. The number of carbonyl (C=O) groups is 1.